The molecule has 26 heavy (non-hydrogen) atoms. The minimum atomic E-state index is -0.359. The fourth-order valence-electron chi connectivity index (χ4n) is 3.09. The van der Waals surface area contributed by atoms with E-state index >= 15 is 0 Å². The molecule has 0 spiro atoms. The van der Waals surface area contributed by atoms with Crippen molar-refractivity contribution in [2.75, 3.05) is 11.9 Å². The number of rotatable bonds is 6. The zero-order valence-electron chi connectivity index (χ0n) is 14.4. The van der Waals surface area contributed by atoms with Gasteiger partial charge in [0, 0.05) is 11.9 Å². The third-order valence-electron chi connectivity index (χ3n) is 4.28. The standard InChI is InChI=1S/C20H19N3O3/c1-2-25-15-9-7-14(8-10-15)22-19-18-17(6-3-11-21-18)20(24)23(19)13-16-5-4-12-26-16/h3-12,19,22H,2,13H2,1H3/t19-/m0/s1. The van der Waals surface area contributed by atoms with Gasteiger partial charge in [0.05, 0.1) is 30.7 Å². The van der Waals surface area contributed by atoms with E-state index in [2.05, 4.69) is 10.3 Å². The average Bonchev–Trinajstić information content (AvgIpc) is 3.27. The van der Waals surface area contributed by atoms with E-state index < -0.39 is 0 Å². The summed E-state index contributed by atoms with van der Waals surface area (Å²) >= 11 is 0. The number of pyridine rings is 1. The Labute approximate surface area is 151 Å². The zero-order chi connectivity index (χ0) is 17.9. The molecule has 0 radical (unpaired) electrons. The molecule has 132 valence electrons. The highest BCUT2D eigenvalue weighted by Gasteiger charge is 2.38. The van der Waals surface area contributed by atoms with Crippen molar-refractivity contribution in [1.82, 2.24) is 9.88 Å². The number of anilines is 1. The van der Waals surface area contributed by atoms with Gasteiger partial charge < -0.3 is 19.4 Å². The number of amides is 1. The van der Waals surface area contributed by atoms with Crippen molar-refractivity contribution in [1.29, 1.82) is 0 Å². The number of aromatic nitrogens is 1. The van der Waals surface area contributed by atoms with Crippen molar-refractivity contribution >= 4 is 11.6 Å². The van der Waals surface area contributed by atoms with Gasteiger partial charge in [-0.2, -0.15) is 0 Å². The molecule has 6 heteroatoms. The van der Waals surface area contributed by atoms with Crippen LogP contribution in [0.1, 0.15) is 34.9 Å². The molecule has 2 aromatic heterocycles. The van der Waals surface area contributed by atoms with Crippen LogP contribution in [0.4, 0.5) is 5.69 Å². The first-order valence-corrected chi connectivity index (χ1v) is 8.54. The first-order chi connectivity index (χ1) is 12.8. The first-order valence-electron chi connectivity index (χ1n) is 8.54. The lowest BCUT2D eigenvalue weighted by Gasteiger charge is -2.25. The normalized spacial score (nSPS) is 15.8. The molecule has 1 atom stereocenters. The highest BCUT2D eigenvalue weighted by atomic mass is 16.5. The van der Waals surface area contributed by atoms with E-state index in [9.17, 15) is 4.79 Å². The van der Waals surface area contributed by atoms with Gasteiger partial charge in [-0.05, 0) is 55.5 Å². The van der Waals surface area contributed by atoms with E-state index in [1.54, 1.807) is 29.5 Å². The Morgan fingerprint density at radius 2 is 2.04 bits per heavy atom. The molecule has 0 saturated heterocycles. The van der Waals surface area contributed by atoms with Crippen molar-refractivity contribution in [3.05, 3.63) is 78.0 Å². The molecule has 0 bridgehead atoms. The Morgan fingerprint density at radius 1 is 1.19 bits per heavy atom. The summed E-state index contributed by atoms with van der Waals surface area (Å²) in [7, 11) is 0. The summed E-state index contributed by atoms with van der Waals surface area (Å²) in [5, 5.41) is 3.40. The number of benzene rings is 1. The minimum Gasteiger partial charge on any atom is -0.494 e. The van der Waals surface area contributed by atoms with Crippen LogP contribution >= 0.6 is 0 Å². The summed E-state index contributed by atoms with van der Waals surface area (Å²) in [6.07, 6.45) is 2.95. The zero-order valence-corrected chi connectivity index (χ0v) is 14.4. The lowest BCUT2D eigenvalue weighted by Crippen LogP contribution is -2.31. The van der Waals surface area contributed by atoms with Gasteiger partial charge in [0.2, 0.25) is 0 Å². The monoisotopic (exact) mass is 349 g/mol. The topological polar surface area (TPSA) is 67.6 Å². The van der Waals surface area contributed by atoms with Crippen LogP contribution < -0.4 is 10.1 Å². The van der Waals surface area contributed by atoms with Gasteiger partial charge in [-0.15, -0.1) is 0 Å². The van der Waals surface area contributed by atoms with Gasteiger partial charge in [0.1, 0.15) is 17.7 Å². The number of ether oxygens (including phenoxy) is 1. The molecule has 6 nitrogen and oxygen atoms in total. The molecule has 1 amide bonds. The van der Waals surface area contributed by atoms with Crippen LogP contribution in [-0.2, 0) is 6.54 Å². The molecule has 3 heterocycles. The Morgan fingerprint density at radius 3 is 2.77 bits per heavy atom. The molecule has 0 saturated carbocycles. The summed E-state index contributed by atoms with van der Waals surface area (Å²) < 4.78 is 10.9. The highest BCUT2D eigenvalue weighted by Crippen LogP contribution is 2.34. The number of hydrogen-bond donors (Lipinski definition) is 1. The van der Waals surface area contributed by atoms with Crippen LogP contribution in [0.2, 0.25) is 0 Å². The predicted molar refractivity (Wildman–Crippen MR) is 96.8 cm³/mol. The van der Waals surface area contributed by atoms with Crippen molar-refractivity contribution in [3.8, 4) is 5.75 Å². The summed E-state index contributed by atoms with van der Waals surface area (Å²) in [5.41, 5.74) is 2.22. The van der Waals surface area contributed by atoms with Crippen molar-refractivity contribution < 1.29 is 13.9 Å². The molecule has 1 aromatic carbocycles. The van der Waals surface area contributed by atoms with Gasteiger partial charge in [-0.3, -0.25) is 9.78 Å². The first kappa shape index (κ1) is 16.2. The number of fused-ring (bicyclic) bond motifs is 1. The van der Waals surface area contributed by atoms with E-state index in [4.69, 9.17) is 9.15 Å². The second-order valence-electron chi connectivity index (χ2n) is 5.95. The lowest BCUT2D eigenvalue weighted by atomic mass is 10.2. The van der Waals surface area contributed by atoms with Crippen molar-refractivity contribution in [3.63, 3.8) is 0 Å². The van der Waals surface area contributed by atoms with E-state index in [0.717, 1.165) is 22.9 Å². The number of nitrogens with zero attached hydrogens (tertiary/aromatic N) is 2. The minimum absolute atomic E-state index is 0.0621. The van der Waals surface area contributed by atoms with Crippen LogP contribution in [0.5, 0.6) is 5.75 Å². The number of hydrogen-bond acceptors (Lipinski definition) is 5. The molecule has 1 aliphatic heterocycles. The predicted octanol–water partition coefficient (Wildman–Crippen LogP) is 3.84. The molecular formula is C20H19N3O3. The molecular weight excluding hydrogens is 330 g/mol. The molecule has 0 aliphatic carbocycles. The molecule has 3 aromatic rings. The number of furan rings is 1. The van der Waals surface area contributed by atoms with Crippen LogP contribution in [0.25, 0.3) is 0 Å². The summed E-state index contributed by atoms with van der Waals surface area (Å²) in [5.74, 6) is 1.48. The Bertz CT molecular complexity index is 891. The highest BCUT2D eigenvalue weighted by molar-refractivity contribution is 5.98. The summed E-state index contributed by atoms with van der Waals surface area (Å²) in [6.45, 7) is 2.94. The van der Waals surface area contributed by atoms with E-state index in [0.29, 0.717) is 18.7 Å². The van der Waals surface area contributed by atoms with Crippen LogP contribution in [0.3, 0.4) is 0 Å². The molecule has 4 rings (SSSR count). The maximum atomic E-state index is 12.8. The molecule has 1 aliphatic rings. The number of carbonyl (C=O) groups excluding carboxylic acids is 1. The fraction of sp³-hybridized carbons (Fsp3) is 0.200. The maximum absolute atomic E-state index is 12.8. The van der Waals surface area contributed by atoms with Gasteiger partial charge in [0.15, 0.2) is 0 Å². The SMILES string of the molecule is CCOc1ccc(N[C@@H]2c3ncccc3C(=O)N2Cc2ccco2)cc1. The largest absolute Gasteiger partial charge is 0.494 e. The Balaban J connectivity index is 1.62. The number of carbonyl (C=O) groups is 1. The summed E-state index contributed by atoms with van der Waals surface area (Å²) in [6, 6.07) is 14.9. The third kappa shape index (κ3) is 3.01. The summed E-state index contributed by atoms with van der Waals surface area (Å²) in [4.78, 5) is 19.0. The van der Waals surface area contributed by atoms with Gasteiger partial charge in [0.25, 0.3) is 5.91 Å². The lowest BCUT2D eigenvalue weighted by molar-refractivity contribution is 0.0714. The molecule has 1 N–H and O–H groups in total. The molecule has 0 fully saturated rings. The van der Waals surface area contributed by atoms with Crippen LogP contribution in [-0.4, -0.2) is 22.4 Å². The van der Waals surface area contributed by atoms with Gasteiger partial charge >= 0.3 is 0 Å². The quantitative estimate of drug-likeness (QED) is 0.732. The van der Waals surface area contributed by atoms with E-state index in [-0.39, 0.29) is 12.1 Å². The second kappa shape index (κ2) is 6.92. The number of nitrogens with one attached hydrogen (secondary N) is 1. The van der Waals surface area contributed by atoms with Crippen LogP contribution in [0.15, 0.2) is 65.4 Å². The van der Waals surface area contributed by atoms with Gasteiger partial charge in [-0.1, -0.05) is 0 Å². The van der Waals surface area contributed by atoms with E-state index in [1.807, 2.05) is 43.3 Å². The smallest absolute Gasteiger partial charge is 0.258 e. The van der Waals surface area contributed by atoms with Crippen molar-refractivity contribution in [2.45, 2.75) is 19.6 Å². The fourth-order valence-corrected chi connectivity index (χ4v) is 3.09. The Kier molecular flexibility index (Phi) is 4.31. The second-order valence-corrected chi connectivity index (χ2v) is 5.95. The van der Waals surface area contributed by atoms with E-state index in [1.165, 1.54) is 0 Å². The van der Waals surface area contributed by atoms with Crippen molar-refractivity contribution in [2.24, 2.45) is 0 Å². The Hall–Kier alpha value is -3.28. The molecule has 0 unspecified atom stereocenters. The average molecular weight is 349 g/mol. The maximum Gasteiger partial charge on any atom is 0.258 e. The van der Waals surface area contributed by atoms with Gasteiger partial charge in [-0.25, -0.2) is 0 Å². The third-order valence-corrected chi connectivity index (χ3v) is 4.28. The van der Waals surface area contributed by atoms with Crippen LogP contribution in [0, 0.1) is 0 Å².